The number of esters is 1. The van der Waals surface area contributed by atoms with Crippen LogP contribution in [0.15, 0.2) is 23.1 Å². The van der Waals surface area contributed by atoms with Crippen LogP contribution in [0.1, 0.15) is 37.6 Å². The van der Waals surface area contributed by atoms with Gasteiger partial charge in [-0.2, -0.15) is 0 Å². The van der Waals surface area contributed by atoms with E-state index in [0.717, 1.165) is 0 Å². The highest BCUT2D eigenvalue weighted by Gasteiger charge is 2.28. The number of aromatic nitrogens is 1. The van der Waals surface area contributed by atoms with Gasteiger partial charge in [0.15, 0.2) is 11.5 Å². The maximum atomic E-state index is 13.0. The van der Waals surface area contributed by atoms with Crippen LogP contribution >= 0.6 is 0 Å². The minimum atomic E-state index is -0.829. The van der Waals surface area contributed by atoms with Crippen molar-refractivity contribution in [2.45, 2.75) is 39.8 Å². The fraction of sp³-hybridized carbons (Fsp3) is 0.450. The van der Waals surface area contributed by atoms with Crippen molar-refractivity contribution < 1.29 is 23.8 Å². The lowest BCUT2D eigenvalue weighted by atomic mass is 9.98. The smallest absolute Gasteiger partial charge is 0.328 e. The Morgan fingerprint density at radius 3 is 2.54 bits per heavy atom. The fourth-order valence-corrected chi connectivity index (χ4v) is 3.22. The molecule has 0 spiro atoms. The van der Waals surface area contributed by atoms with Crippen LogP contribution in [0.5, 0.6) is 11.5 Å². The van der Waals surface area contributed by atoms with E-state index in [1.165, 1.54) is 13.3 Å². The molecule has 0 aliphatic carbocycles. The Kier molecular flexibility index (Phi) is 5.58. The second-order valence-corrected chi connectivity index (χ2v) is 6.74. The van der Waals surface area contributed by atoms with E-state index >= 15 is 0 Å². The second kappa shape index (κ2) is 7.92. The van der Waals surface area contributed by atoms with E-state index in [1.54, 1.807) is 16.7 Å². The molecule has 3 rings (SSSR count). The Morgan fingerprint density at radius 2 is 1.93 bits per heavy atom. The van der Waals surface area contributed by atoms with Gasteiger partial charge in [-0.25, -0.2) is 4.79 Å². The van der Waals surface area contributed by atoms with Gasteiger partial charge in [0.05, 0.1) is 18.0 Å². The molecule has 1 aliphatic rings. The largest absolute Gasteiger partial charge is 0.467 e. The number of carbonyl (C=O) groups is 2. The predicted molar refractivity (Wildman–Crippen MR) is 103 cm³/mol. The number of pyridine rings is 1. The standard InChI is InChI=1S/C20H24N2O6/c1-5-11(3)17(20(25)26-4)21-19(24)13-9-22(6-2)14-8-16-15(27-10-28-16)7-12(14)18(13)23/h7-9,11,17H,5-6,10H2,1-4H3,(H,21,24)/t11?,17-/m0/s1. The third kappa shape index (κ3) is 3.42. The van der Waals surface area contributed by atoms with Gasteiger partial charge in [0.25, 0.3) is 5.91 Å². The summed E-state index contributed by atoms with van der Waals surface area (Å²) in [5.41, 5.74) is 0.188. The van der Waals surface area contributed by atoms with Crippen LogP contribution in [0.3, 0.4) is 0 Å². The minimum Gasteiger partial charge on any atom is -0.467 e. The fourth-order valence-electron chi connectivity index (χ4n) is 3.22. The number of hydrogen-bond donors (Lipinski definition) is 1. The number of nitrogens with zero attached hydrogens (tertiary/aromatic N) is 1. The maximum absolute atomic E-state index is 13.0. The van der Waals surface area contributed by atoms with Crippen molar-refractivity contribution in [3.05, 3.63) is 34.1 Å². The van der Waals surface area contributed by atoms with E-state index in [9.17, 15) is 14.4 Å². The summed E-state index contributed by atoms with van der Waals surface area (Å²) in [4.78, 5) is 38.0. The molecule has 2 heterocycles. The molecule has 0 saturated carbocycles. The van der Waals surface area contributed by atoms with Crippen molar-refractivity contribution in [1.29, 1.82) is 0 Å². The van der Waals surface area contributed by atoms with Gasteiger partial charge in [-0.3, -0.25) is 9.59 Å². The first-order valence-corrected chi connectivity index (χ1v) is 9.26. The van der Waals surface area contributed by atoms with Gasteiger partial charge in [-0.1, -0.05) is 20.3 Å². The molecule has 1 unspecified atom stereocenters. The van der Waals surface area contributed by atoms with Gasteiger partial charge >= 0.3 is 5.97 Å². The molecule has 1 aliphatic heterocycles. The zero-order valence-electron chi connectivity index (χ0n) is 16.4. The molecule has 1 N–H and O–H groups in total. The number of hydrogen-bond acceptors (Lipinski definition) is 6. The van der Waals surface area contributed by atoms with Crippen LogP contribution in [-0.2, 0) is 16.1 Å². The predicted octanol–water partition coefficient (Wildman–Crippen LogP) is 2.07. The summed E-state index contributed by atoms with van der Waals surface area (Å²) in [7, 11) is 1.27. The molecule has 2 aromatic rings. The quantitative estimate of drug-likeness (QED) is 0.761. The first kappa shape index (κ1) is 19.7. The molecule has 0 bridgehead atoms. The molecular formula is C20H24N2O6. The van der Waals surface area contributed by atoms with E-state index in [2.05, 4.69) is 5.32 Å². The number of rotatable bonds is 6. The molecule has 1 amide bonds. The molecule has 1 aromatic heterocycles. The van der Waals surface area contributed by atoms with Gasteiger partial charge in [0.2, 0.25) is 12.2 Å². The van der Waals surface area contributed by atoms with Crippen molar-refractivity contribution in [2.75, 3.05) is 13.9 Å². The third-order valence-electron chi connectivity index (χ3n) is 5.11. The zero-order valence-corrected chi connectivity index (χ0v) is 16.4. The molecule has 150 valence electrons. The van der Waals surface area contributed by atoms with Gasteiger partial charge in [0, 0.05) is 18.8 Å². The number of benzene rings is 1. The average Bonchev–Trinajstić information content (AvgIpc) is 3.17. The van der Waals surface area contributed by atoms with Crippen molar-refractivity contribution in [1.82, 2.24) is 9.88 Å². The van der Waals surface area contributed by atoms with Gasteiger partial charge in [-0.15, -0.1) is 0 Å². The monoisotopic (exact) mass is 388 g/mol. The van der Waals surface area contributed by atoms with Crippen LogP contribution in [0.25, 0.3) is 10.9 Å². The summed E-state index contributed by atoms with van der Waals surface area (Å²) in [5.74, 6) is -0.255. The summed E-state index contributed by atoms with van der Waals surface area (Å²) in [6.45, 7) is 6.30. The summed E-state index contributed by atoms with van der Waals surface area (Å²) in [6.07, 6.45) is 2.17. The number of amides is 1. The van der Waals surface area contributed by atoms with Crippen LogP contribution in [0, 0.1) is 5.92 Å². The second-order valence-electron chi connectivity index (χ2n) is 6.74. The van der Waals surface area contributed by atoms with Crippen LogP contribution < -0.4 is 20.2 Å². The molecule has 2 atom stereocenters. The van der Waals surface area contributed by atoms with Gasteiger partial charge in [0.1, 0.15) is 11.6 Å². The molecule has 1 aromatic carbocycles. The lowest BCUT2D eigenvalue weighted by molar-refractivity contribution is -0.144. The highest BCUT2D eigenvalue weighted by Crippen LogP contribution is 2.35. The number of nitrogens with one attached hydrogen (secondary N) is 1. The van der Waals surface area contributed by atoms with Crippen molar-refractivity contribution in [3.63, 3.8) is 0 Å². The summed E-state index contributed by atoms with van der Waals surface area (Å²) >= 11 is 0. The minimum absolute atomic E-state index is 0.0366. The average molecular weight is 388 g/mol. The highest BCUT2D eigenvalue weighted by molar-refractivity contribution is 5.99. The first-order chi connectivity index (χ1) is 13.4. The van der Waals surface area contributed by atoms with Crippen molar-refractivity contribution in [3.8, 4) is 11.5 Å². The molecule has 0 saturated heterocycles. The van der Waals surface area contributed by atoms with E-state index in [0.29, 0.717) is 35.4 Å². The molecule has 0 fully saturated rings. The van der Waals surface area contributed by atoms with Crippen LogP contribution in [0.4, 0.5) is 0 Å². The Bertz CT molecular complexity index is 981. The van der Waals surface area contributed by atoms with E-state index < -0.39 is 23.3 Å². The number of methoxy groups -OCH3 is 1. The maximum Gasteiger partial charge on any atom is 0.328 e. The summed E-state index contributed by atoms with van der Waals surface area (Å²) in [6, 6.07) is 2.50. The van der Waals surface area contributed by atoms with Crippen molar-refractivity contribution >= 4 is 22.8 Å². The Balaban J connectivity index is 2.06. The Labute approximate surface area is 162 Å². The third-order valence-corrected chi connectivity index (χ3v) is 5.11. The molecular weight excluding hydrogens is 364 g/mol. The zero-order chi connectivity index (χ0) is 20.4. The van der Waals surface area contributed by atoms with Gasteiger partial charge < -0.3 is 24.1 Å². The van der Waals surface area contributed by atoms with Crippen LogP contribution in [-0.4, -0.2) is 36.4 Å². The normalized spacial score (nSPS) is 14.6. The molecule has 0 radical (unpaired) electrons. The number of fused-ring (bicyclic) bond motifs is 2. The Hall–Kier alpha value is -3.03. The Morgan fingerprint density at radius 1 is 1.25 bits per heavy atom. The van der Waals surface area contributed by atoms with Crippen LogP contribution in [0.2, 0.25) is 0 Å². The van der Waals surface area contributed by atoms with E-state index in [-0.39, 0.29) is 18.3 Å². The number of carbonyl (C=O) groups excluding carboxylic acids is 2. The highest BCUT2D eigenvalue weighted by atomic mass is 16.7. The lowest BCUT2D eigenvalue weighted by Crippen LogP contribution is -2.46. The summed E-state index contributed by atoms with van der Waals surface area (Å²) < 4.78 is 17.3. The number of aryl methyl sites for hydroxylation is 1. The van der Waals surface area contributed by atoms with Crippen molar-refractivity contribution in [2.24, 2.45) is 5.92 Å². The molecule has 8 nitrogen and oxygen atoms in total. The molecule has 28 heavy (non-hydrogen) atoms. The summed E-state index contributed by atoms with van der Waals surface area (Å²) in [5, 5.41) is 3.02. The number of ether oxygens (including phenoxy) is 3. The van der Waals surface area contributed by atoms with Gasteiger partial charge in [-0.05, 0) is 18.9 Å². The first-order valence-electron chi connectivity index (χ1n) is 9.26. The topological polar surface area (TPSA) is 95.9 Å². The lowest BCUT2D eigenvalue weighted by Gasteiger charge is -2.22. The SMILES string of the molecule is CCC(C)[C@H](NC(=O)c1cn(CC)c2cc3c(cc2c1=O)OCO3)C(=O)OC. The van der Waals surface area contributed by atoms with E-state index in [1.807, 2.05) is 20.8 Å². The molecule has 8 heteroatoms. The van der Waals surface area contributed by atoms with E-state index in [4.69, 9.17) is 14.2 Å².